The van der Waals surface area contributed by atoms with Crippen molar-refractivity contribution in [1.82, 2.24) is 9.46 Å². The van der Waals surface area contributed by atoms with E-state index in [1.54, 1.807) is 0 Å². The molecule has 0 aliphatic heterocycles. The minimum Gasteiger partial charge on any atom is -0.492 e. The average Bonchev–Trinajstić information content (AvgIpc) is 3.08. The molecule has 12 heteroatoms. The molecule has 2 heterocycles. The molecule has 0 unspecified atom stereocenters. The number of rotatable bonds is 9. The molecule has 0 atom stereocenters. The Morgan fingerprint density at radius 1 is 0.731 bits per heavy atom. The quantitative estimate of drug-likeness (QED) is 0.351. The smallest absolute Gasteiger partial charge is 0.334 e. The lowest BCUT2D eigenvalue weighted by molar-refractivity contribution is -0.145. The first-order chi connectivity index (χ1) is 12.4. The molecule has 142 valence electrons. The van der Waals surface area contributed by atoms with Crippen molar-refractivity contribution in [1.29, 1.82) is 0 Å². The standard InChI is InChI=1S/C14H16N2O8S2/c17-9-1-2-10(18)15(9)23-13(21)5-7-25-26-8-6-14(22)24-16-11(19)3-4-12(16)20/h1-4,17-20H,5-8H2. The van der Waals surface area contributed by atoms with Gasteiger partial charge >= 0.3 is 11.9 Å². The van der Waals surface area contributed by atoms with Crippen molar-refractivity contribution < 1.29 is 39.7 Å². The van der Waals surface area contributed by atoms with E-state index in [9.17, 15) is 30.0 Å². The molecule has 0 radical (unpaired) electrons. The van der Waals surface area contributed by atoms with Crippen LogP contribution in [0.1, 0.15) is 12.8 Å². The molecule has 0 aromatic carbocycles. The van der Waals surface area contributed by atoms with E-state index < -0.39 is 35.5 Å². The van der Waals surface area contributed by atoms with Gasteiger partial charge in [0.15, 0.2) is 0 Å². The third kappa shape index (κ3) is 5.46. The van der Waals surface area contributed by atoms with Gasteiger partial charge in [-0.25, -0.2) is 9.59 Å². The van der Waals surface area contributed by atoms with Crippen LogP contribution in [0, 0.1) is 0 Å². The molecule has 4 N–H and O–H groups in total. The Hall–Kier alpha value is -2.60. The van der Waals surface area contributed by atoms with Crippen LogP contribution in [0.3, 0.4) is 0 Å². The SMILES string of the molecule is O=C(CCSSCCC(=O)On1c(O)ccc1O)On1c(O)ccc1O. The van der Waals surface area contributed by atoms with Crippen molar-refractivity contribution in [2.24, 2.45) is 0 Å². The Morgan fingerprint density at radius 2 is 1.04 bits per heavy atom. The van der Waals surface area contributed by atoms with Gasteiger partial charge in [0, 0.05) is 35.8 Å². The van der Waals surface area contributed by atoms with E-state index in [2.05, 4.69) is 0 Å². The average molecular weight is 404 g/mol. The molecule has 0 fully saturated rings. The third-order valence-electron chi connectivity index (χ3n) is 2.84. The summed E-state index contributed by atoms with van der Waals surface area (Å²) in [6.45, 7) is 0. The minimum atomic E-state index is -0.641. The molecule has 0 spiro atoms. The van der Waals surface area contributed by atoms with E-state index in [1.165, 1.54) is 45.9 Å². The lowest BCUT2D eigenvalue weighted by Crippen LogP contribution is -2.19. The Kier molecular flexibility index (Phi) is 6.97. The fourth-order valence-electron chi connectivity index (χ4n) is 1.65. The van der Waals surface area contributed by atoms with Gasteiger partial charge in [-0.2, -0.15) is 0 Å². The van der Waals surface area contributed by atoms with Crippen LogP contribution in [0.15, 0.2) is 24.3 Å². The zero-order valence-corrected chi connectivity index (χ0v) is 14.9. The Labute approximate surface area is 155 Å². The van der Waals surface area contributed by atoms with Crippen LogP contribution in [-0.4, -0.2) is 53.3 Å². The monoisotopic (exact) mass is 404 g/mol. The first-order valence-electron chi connectivity index (χ1n) is 7.24. The number of aromatic hydroxyl groups is 4. The molecule has 2 rings (SSSR count). The topological polar surface area (TPSA) is 143 Å². The fraction of sp³-hybridized carbons (Fsp3) is 0.286. The summed E-state index contributed by atoms with van der Waals surface area (Å²) < 4.78 is 1.23. The van der Waals surface area contributed by atoms with Crippen LogP contribution >= 0.6 is 21.6 Å². The van der Waals surface area contributed by atoms with Crippen molar-refractivity contribution in [3.05, 3.63) is 24.3 Å². The first-order valence-corrected chi connectivity index (χ1v) is 9.73. The number of aromatic nitrogens is 2. The normalized spacial score (nSPS) is 10.6. The maximum Gasteiger partial charge on any atom is 0.334 e. The van der Waals surface area contributed by atoms with Crippen LogP contribution in [0.2, 0.25) is 0 Å². The number of carbonyl (C=O) groups is 2. The molecular weight excluding hydrogens is 388 g/mol. The van der Waals surface area contributed by atoms with Gasteiger partial charge in [0.2, 0.25) is 23.5 Å². The van der Waals surface area contributed by atoms with Crippen molar-refractivity contribution in [3.8, 4) is 23.5 Å². The molecule has 0 aliphatic carbocycles. The number of hydrogen-bond acceptors (Lipinski definition) is 10. The zero-order chi connectivity index (χ0) is 19.1. The summed E-state index contributed by atoms with van der Waals surface area (Å²) in [5.41, 5.74) is 0. The highest BCUT2D eigenvalue weighted by molar-refractivity contribution is 8.76. The minimum absolute atomic E-state index is 0.0320. The summed E-state index contributed by atoms with van der Waals surface area (Å²) >= 11 is 0. The molecule has 0 amide bonds. The maximum atomic E-state index is 11.6. The first kappa shape index (κ1) is 19.7. The second kappa shape index (κ2) is 9.20. The zero-order valence-electron chi connectivity index (χ0n) is 13.3. The second-order valence-corrected chi connectivity index (χ2v) is 7.46. The highest BCUT2D eigenvalue weighted by atomic mass is 33.1. The van der Waals surface area contributed by atoms with Crippen LogP contribution < -0.4 is 9.68 Å². The molecular formula is C14H16N2O8S2. The predicted octanol–water partition coefficient (Wildman–Crippen LogP) is 0.884. The molecule has 0 saturated heterocycles. The van der Waals surface area contributed by atoms with Crippen molar-refractivity contribution in [3.63, 3.8) is 0 Å². The van der Waals surface area contributed by atoms with Crippen LogP contribution in [0.5, 0.6) is 23.5 Å². The van der Waals surface area contributed by atoms with Crippen LogP contribution in [0.25, 0.3) is 0 Å². The molecule has 0 bridgehead atoms. The number of hydrogen-bond donors (Lipinski definition) is 4. The van der Waals surface area contributed by atoms with Gasteiger partial charge in [-0.1, -0.05) is 21.6 Å². The molecule has 0 aliphatic rings. The highest BCUT2D eigenvalue weighted by Gasteiger charge is 2.13. The predicted molar refractivity (Wildman–Crippen MR) is 92.8 cm³/mol. The van der Waals surface area contributed by atoms with Crippen LogP contribution in [-0.2, 0) is 9.59 Å². The number of nitrogens with zero attached hydrogens (tertiary/aromatic N) is 2. The molecule has 10 nitrogen and oxygen atoms in total. The fourth-order valence-corrected chi connectivity index (χ4v) is 3.60. The van der Waals surface area contributed by atoms with E-state index in [0.717, 1.165) is 0 Å². The summed E-state index contributed by atoms with van der Waals surface area (Å²) in [4.78, 5) is 32.7. The van der Waals surface area contributed by atoms with Crippen LogP contribution in [0.4, 0.5) is 0 Å². The Morgan fingerprint density at radius 3 is 1.35 bits per heavy atom. The van der Waals surface area contributed by atoms with Gasteiger partial charge in [-0.3, -0.25) is 0 Å². The van der Waals surface area contributed by atoms with E-state index in [-0.39, 0.29) is 12.8 Å². The van der Waals surface area contributed by atoms with Gasteiger partial charge in [-0.05, 0) is 0 Å². The lowest BCUT2D eigenvalue weighted by Gasteiger charge is -2.07. The summed E-state index contributed by atoms with van der Waals surface area (Å²) in [5, 5.41) is 37.4. The largest absolute Gasteiger partial charge is 0.492 e. The summed E-state index contributed by atoms with van der Waals surface area (Å²) in [6, 6.07) is 4.72. The molecule has 2 aromatic rings. The van der Waals surface area contributed by atoms with Gasteiger partial charge in [-0.15, -0.1) is 9.46 Å². The molecule has 2 aromatic heterocycles. The van der Waals surface area contributed by atoms with Crippen molar-refractivity contribution >= 4 is 33.5 Å². The van der Waals surface area contributed by atoms with Gasteiger partial charge in [0.1, 0.15) is 0 Å². The molecule has 0 saturated carbocycles. The van der Waals surface area contributed by atoms with Gasteiger partial charge in [0.05, 0.1) is 12.8 Å². The highest BCUT2D eigenvalue weighted by Crippen LogP contribution is 2.24. The molecule has 26 heavy (non-hydrogen) atoms. The lowest BCUT2D eigenvalue weighted by atomic mass is 10.5. The summed E-state index contributed by atoms with van der Waals surface area (Å²) in [7, 11) is 2.65. The Balaban J connectivity index is 1.58. The summed E-state index contributed by atoms with van der Waals surface area (Å²) in [5.74, 6) is -2.07. The summed E-state index contributed by atoms with van der Waals surface area (Å²) in [6.07, 6.45) is 0.0641. The number of carbonyl (C=O) groups excluding carboxylic acids is 2. The van der Waals surface area contributed by atoms with E-state index >= 15 is 0 Å². The Bertz CT molecular complexity index is 670. The van der Waals surface area contributed by atoms with Crippen molar-refractivity contribution in [2.45, 2.75) is 12.8 Å². The van der Waals surface area contributed by atoms with E-state index in [4.69, 9.17) is 9.68 Å². The van der Waals surface area contributed by atoms with E-state index in [1.807, 2.05) is 0 Å². The van der Waals surface area contributed by atoms with Gasteiger partial charge in [0.25, 0.3) is 0 Å². The second-order valence-electron chi connectivity index (χ2n) is 4.76. The van der Waals surface area contributed by atoms with Crippen molar-refractivity contribution in [2.75, 3.05) is 11.5 Å². The maximum absolute atomic E-state index is 11.6. The van der Waals surface area contributed by atoms with Gasteiger partial charge < -0.3 is 30.1 Å². The third-order valence-corrected chi connectivity index (χ3v) is 5.25. The van der Waals surface area contributed by atoms with E-state index in [0.29, 0.717) is 21.0 Å².